The van der Waals surface area contributed by atoms with Crippen molar-refractivity contribution < 1.29 is 24.3 Å². The molecule has 6 rings (SSSR count). The smallest absolute Gasteiger partial charge is 0.272 e. The second-order valence-corrected chi connectivity index (χ2v) is 14.7. The summed E-state index contributed by atoms with van der Waals surface area (Å²) in [5.41, 5.74) is 6.54. The molecule has 0 radical (unpaired) electrons. The van der Waals surface area contributed by atoms with Crippen molar-refractivity contribution in [1.82, 2.24) is 10.2 Å². The Bertz CT molecular complexity index is 1760. The second-order valence-electron chi connectivity index (χ2n) is 12.4. The number of alkyl halides is 3. The number of benzene rings is 4. The van der Waals surface area contributed by atoms with Gasteiger partial charge in [0, 0.05) is 69.1 Å². The van der Waals surface area contributed by atoms with Crippen LogP contribution in [0.2, 0.25) is 0 Å². The molecule has 1 amide bonds. The SMILES string of the molecule is O=C(NCc1ccccc1-c1ccc(C2OC(CN3CCN(c4ccc([N+](=O)[O-])cc4)CC3)CC(c3ccc(CO)cc3)O2)cc1)C(Cl)(Cl)Cl. The summed E-state index contributed by atoms with van der Waals surface area (Å²) in [5, 5.41) is 23.3. The first-order chi connectivity index (χ1) is 24.1. The second kappa shape index (κ2) is 16.1. The summed E-state index contributed by atoms with van der Waals surface area (Å²) < 4.78 is 11.1. The van der Waals surface area contributed by atoms with Gasteiger partial charge in [-0.05, 0) is 39.9 Å². The quantitative estimate of drug-likeness (QED) is 0.101. The van der Waals surface area contributed by atoms with E-state index in [4.69, 9.17) is 44.3 Å². The summed E-state index contributed by atoms with van der Waals surface area (Å²) in [5.74, 6) is -0.694. The molecular formula is C37H37Cl3N4O6. The summed E-state index contributed by atoms with van der Waals surface area (Å²) in [7, 11) is 0. The predicted molar refractivity (Wildman–Crippen MR) is 194 cm³/mol. The van der Waals surface area contributed by atoms with Crippen molar-refractivity contribution in [3.8, 4) is 11.1 Å². The molecule has 2 aliphatic rings. The number of nitrogens with one attached hydrogen (secondary N) is 1. The molecule has 0 bridgehead atoms. The highest BCUT2D eigenvalue weighted by Gasteiger charge is 2.34. The highest BCUT2D eigenvalue weighted by molar-refractivity contribution is 6.76. The molecule has 262 valence electrons. The Hall–Kier alpha value is -3.74. The number of nitro benzene ring substituents is 1. The number of aliphatic hydroxyl groups excluding tert-OH is 1. The van der Waals surface area contributed by atoms with Gasteiger partial charge in [0.1, 0.15) is 0 Å². The number of rotatable bonds is 10. The van der Waals surface area contributed by atoms with Crippen LogP contribution in [-0.4, -0.2) is 63.5 Å². The number of anilines is 1. The monoisotopic (exact) mass is 738 g/mol. The van der Waals surface area contributed by atoms with Gasteiger partial charge in [-0.1, -0.05) is 108 Å². The largest absolute Gasteiger partial charge is 0.392 e. The zero-order valence-corrected chi connectivity index (χ0v) is 29.4. The van der Waals surface area contributed by atoms with Crippen LogP contribution in [0.3, 0.4) is 0 Å². The van der Waals surface area contributed by atoms with Crippen molar-refractivity contribution in [3.05, 3.63) is 129 Å². The minimum absolute atomic E-state index is 0.0270. The van der Waals surface area contributed by atoms with E-state index in [2.05, 4.69) is 15.1 Å². The van der Waals surface area contributed by atoms with Crippen LogP contribution in [0.5, 0.6) is 0 Å². The molecule has 3 unspecified atom stereocenters. The van der Waals surface area contributed by atoms with Gasteiger partial charge in [0.25, 0.3) is 15.4 Å². The molecule has 10 nitrogen and oxygen atoms in total. The number of non-ortho nitro benzene ring substituents is 1. The average Bonchev–Trinajstić information content (AvgIpc) is 3.14. The van der Waals surface area contributed by atoms with Crippen molar-refractivity contribution in [2.75, 3.05) is 37.6 Å². The Morgan fingerprint density at radius 1 is 0.880 bits per heavy atom. The molecule has 2 fully saturated rings. The van der Waals surface area contributed by atoms with Crippen molar-refractivity contribution >= 4 is 52.1 Å². The number of hydrogen-bond donors (Lipinski definition) is 2. The van der Waals surface area contributed by atoms with Gasteiger partial charge in [0.2, 0.25) is 0 Å². The van der Waals surface area contributed by atoms with E-state index >= 15 is 0 Å². The number of hydrogen-bond acceptors (Lipinski definition) is 8. The van der Waals surface area contributed by atoms with Gasteiger partial charge in [-0.25, -0.2) is 0 Å². The van der Waals surface area contributed by atoms with Crippen molar-refractivity contribution in [1.29, 1.82) is 0 Å². The standard InChI is InChI=1S/C37H37Cl3N4O6/c38-37(39,40)36(46)41-22-29-3-1-2-4-33(29)26-9-11-28(12-10-26)35-49-32(21-34(50-35)27-7-5-25(24-45)6-8-27)23-42-17-19-43(20-18-42)30-13-15-31(16-14-30)44(47)48/h1-16,32,34-35,45H,17-24H2,(H,41,46). The summed E-state index contributed by atoms with van der Waals surface area (Å²) in [6.07, 6.45) is -0.257. The van der Waals surface area contributed by atoms with Crippen molar-refractivity contribution in [2.24, 2.45) is 0 Å². The fourth-order valence-corrected chi connectivity index (χ4v) is 6.55. The highest BCUT2D eigenvalue weighted by atomic mass is 35.6. The summed E-state index contributed by atoms with van der Waals surface area (Å²) >= 11 is 17.2. The lowest BCUT2D eigenvalue weighted by Crippen LogP contribution is -2.49. The van der Waals surface area contributed by atoms with E-state index in [1.54, 1.807) is 24.3 Å². The van der Waals surface area contributed by atoms with E-state index in [0.29, 0.717) is 6.42 Å². The van der Waals surface area contributed by atoms with Crippen LogP contribution in [0.1, 0.15) is 41.1 Å². The van der Waals surface area contributed by atoms with Crippen LogP contribution >= 0.6 is 34.8 Å². The van der Waals surface area contributed by atoms with Crippen LogP contribution in [0.15, 0.2) is 97.1 Å². The molecular weight excluding hydrogens is 703 g/mol. The Morgan fingerprint density at radius 3 is 2.18 bits per heavy atom. The maximum atomic E-state index is 12.2. The number of carbonyl (C=O) groups excluding carboxylic acids is 1. The third-order valence-electron chi connectivity index (χ3n) is 9.08. The van der Waals surface area contributed by atoms with Crippen molar-refractivity contribution in [2.45, 2.75) is 41.9 Å². The van der Waals surface area contributed by atoms with Gasteiger partial charge in [-0.2, -0.15) is 0 Å². The molecule has 2 saturated heterocycles. The number of nitro groups is 1. The van der Waals surface area contributed by atoms with Gasteiger partial charge in [-0.15, -0.1) is 0 Å². The van der Waals surface area contributed by atoms with E-state index < -0.39 is 16.0 Å². The van der Waals surface area contributed by atoms with Crippen LogP contribution in [0.25, 0.3) is 11.1 Å². The van der Waals surface area contributed by atoms with Gasteiger partial charge in [0.15, 0.2) is 6.29 Å². The summed E-state index contributed by atoms with van der Waals surface area (Å²) in [6.45, 7) is 4.15. The van der Waals surface area contributed by atoms with Gasteiger partial charge < -0.3 is 24.8 Å². The molecule has 2 N–H and O–H groups in total. The van der Waals surface area contributed by atoms with E-state index in [-0.39, 0.29) is 36.0 Å². The average molecular weight is 740 g/mol. The first-order valence-corrected chi connectivity index (χ1v) is 17.5. The minimum atomic E-state index is -2.04. The maximum absolute atomic E-state index is 12.2. The molecule has 2 heterocycles. The Kier molecular flexibility index (Phi) is 11.6. The molecule has 13 heteroatoms. The van der Waals surface area contributed by atoms with Crippen LogP contribution in [0.4, 0.5) is 11.4 Å². The first kappa shape index (κ1) is 36.1. The third kappa shape index (κ3) is 8.94. The molecule has 4 aromatic rings. The zero-order valence-electron chi connectivity index (χ0n) is 27.1. The first-order valence-electron chi connectivity index (χ1n) is 16.3. The fraction of sp³-hybridized carbons (Fsp3) is 0.324. The van der Waals surface area contributed by atoms with Crippen LogP contribution < -0.4 is 10.2 Å². The topological polar surface area (TPSA) is 117 Å². The lowest BCUT2D eigenvalue weighted by Gasteiger charge is -2.41. The van der Waals surface area contributed by atoms with Crippen LogP contribution in [-0.2, 0) is 27.4 Å². The van der Waals surface area contributed by atoms with E-state index in [0.717, 1.165) is 71.8 Å². The molecule has 0 saturated carbocycles. The Balaban J connectivity index is 1.15. The number of amides is 1. The van der Waals surface area contributed by atoms with Crippen LogP contribution in [0, 0.1) is 10.1 Å². The summed E-state index contributed by atoms with van der Waals surface area (Å²) in [6, 6.07) is 30.2. The summed E-state index contributed by atoms with van der Waals surface area (Å²) in [4.78, 5) is 27.5. The number of aliphatic hydroxyl groups is 1. The molecule has 4 aromatic carbocycles. The molecule has 2 aliphatic heterocycles. The molecule has 0 spiro atoms. The number of ether oxygens (including phenoxy) is 2. The maximum Gasteiger partial charge on any atom is 0.272 e. The highest BCUT2D eigenvalue weighted by Crippen LogP contribution is 2.39. The molecule has 0 aliphatic carbocycles. The Morgan fingerprint density at radius 2 is 1.54 bits per heavy atom. The number of halogens is 3. The molecule has 3 atom stereocenters. The minimum Gasteiger partial charge on any atom is -0.392 e. The lowest BCUT2D eigenvalue weighted by atomic mass is 9.97. The Labute approximate surface area is 305 Å². The van der Waals surface area contributed by atoms with Gasteiger partial charge >= 0.3 is 0 Å². The molecule has 0 aromatic heterocycles. The third-order valence-corrected chi connectivity index (χ3v) is 9.60. The number of piperazine rings is 1. The number of carbonyl (C=O) groups is 1. The van der Waals surface area contributed by atoms with Gasteiger partial charge in [-0.3, -0.25) is 19.8 Å². The van der Waals surface area contributed by atoms with E-state index in [1.165, 1.54) is 0 Å². The predicted octanol–water partition coefficient (Wildman–Crippen LogP) is 7.11. The van der Waals surface area contributed by atoms with Gasteiger partial charge in [0.05, 0.1) is 23.7 Å². The zero-order chi connectivity index (χ0) is 35.3. The normalized spacial score (nSPS) is 20.0. The van der Waals surface area contributed by atoms with Crippen molar-refractivity contribution in [3.63, 3.8) is 0 Å². The lowest BCUT2D eigenvalue weighted by molar-refractivity contribution is -0.384. The molecule has 50 heavy (non-hydrogen) atoms. The fourth-order valence-electron chi connectivity index (χ4n) is 6.35. The number of nitrogens with zero attached hydrogens (tertiary/aromatic N) is 3. The van der Waals surface area contributed by atoms with E-state index in [1.807, 2.05) is 72.8 Å². The van der Waals surface area contributed by atoms with E-state index in [9.17, 15) is 20.0 Å².